The van der Waals surface area contributed by atoms with Crippen molar-refractivity contribution >= 4 is 21.7 Å². The van der Waals surface area contributed by atoms with E-state index in [1.54, 1.807) is 43.3 Å². The molecule has 0 aliphatic carbocycles. The lowest BCUT2D eigenvalue weighted by atomic mass is 10.1. The van der Waals surface area contributed by atoms with Gasteiger partial charge in [-0.05, 0) is 30.7 Å². The largest absolute Gasteiger partial charge is 0.495 e. The zero-order valence-electron chi connectivity index (χ0n) is 13.0. The van der Waals surface area contributed by atoms with Gasteiger partial charge in [-0.3, -0.25) is 4.72 Å². The van der Waals surface area contributed by atoms with Crippen LogP contribution in [0.5, 0.6) is 5.75 Å². The molecule has 2 rings (SSSR count). The summed E-state index contributed by atoms with van der Waals surface area (Å²) in [5.74, 6) is -0.327. The Labute approximate surface area is 135 Å². The molecule has 122 valence electrons. The Hall–Kier alpha value is -2.54. The van der Waals surface area contributed by atoms with E-state index in [0.717, 1.165) is 0 Å². The molecule has 0 aliphatic heterocycles. The van der Waals surface area contributed by atoms with Gasteiger partial charge in [0, 0.05) is 0 Å². The smallest absolute Gasteiger partial charge is 0.339 e. The maximum absolute atomic E-state index is 12.7. The summed E-state index contributed by atoms with van der Waals surface area (Å²) < 4.78 is 37.6. The average Bonchev–Trinajstić information content (AvgIpc) is 2.54. The van der Waals surface area contributed by atoms with Gasteiger partial charge in [-0.1, -0.05) is 24.3 Å². The summed E-state index contributed by atoms with van der Waals surface area (Å²) in [6, 6.07) is 11.2. The molecule has 0 spiro atoms. The predicted octanol–water partition coefficient (Wildman–Crippen LogP) is 2.59. The number of rotatable bonds is 5. The number of esters is 1. The molecule has 0 unspecified atom stereocenters. The third kappa shape index (κ3) is 3.45. The normalized spacial score (nSPS) is 10.9. The van der Waals surface area contributed by atoms with Crippen LogP contribution in [0.4, 0.5) is 5.69 Å². The van der Waals surface area contributed by atoms with E-state index >= 15 is 0 Å². The predicted molar refractivity (Wildman–Crippen MR) is 86.3 cm³/mol. The second-order valence-electron chi connectivity index (χ2n) is 4.75. The van der Waals surface area contributed by atoms with Gasteiger partial charge in [-0.2, -0.15) is 0 Å². The number of aryl methyl sites for hydroxylation is 1. The van der Waals surface area contributed by atoms with Gasteiger partial charge in [0.25, 0.3) is 10.0 Å². The summed E-state index contributed by atoms with van der Waals surface area (Å²) in [4.78, 5) is 11.8. The van der Waals surface area contributed by atoms with Crippen LogP contribution in [0.3, 0.4) is 0 Å². The fraction of sp³-hybridized carbons (Fsp3) is 0.188. The number of carbonyl (C=O) groups excluding carboxylic acids is 1. The molecule has 0 radical (unpaired) electrons. The Kier molecular flexibility index (Phi) is 4.90. The maximum Gasteiger partial charge on any atom is 0.339 e. The Morgan fingerprint density at radius 2 is 1.74 bits per heavy atom. The molecule has 23 heavy (non-hydrogen) atoms. The summed E-state index contributed by atoms with van der Waals surface area (Å²) in [5.41, 5.74) is 0.810. The highest BCUT2D eigenvalue weighted by atomic mass is 32.2. The third-order valence-corrected chi connectivity index (χ3v) is 4.67. The number of sulfonamides is 1. The van der Waals surface area contributed by atoms with E-state index in [2.05, 4.69) is 4.72 Å². The second-order valence-corrected chi connectivity index (χ2v) is 6.40. The topological polar surface area (TPSA) is 81.7 Å². The summed E-state index contributed by atoms with van der Waals surface area (Å²) in [6.07, 6.45) is 0. The molecular formula is C16H17NO5S. The van der Waals surface area contributed by atoms with Crippen LogP contribution in [0.1, 0.15) is 15.9 Å². The molecule has 0 atom stereocenters. The fourth-order valence-corrected chi connectivity index (χ4v) is 3.50. The first kappa shape index (κ1) is 16.8. The summed E-state index contributed by atoms with van der Waals surface area (Å²) in [5, 5.41) is 0. The fourth-order valence-electron chi connectivity index (χ4n) is 2.16. The molecule has 0 aromatic heterocycles. The average molecular weight is 335 g/mol. The Balaban J connectivity index is 2.53. The van der Waals surface area contributed by atoms with Crippen LogP contribution in [0.2, 0.25) is 0 Å². The number of hydrogen-bond donors (Lipinski definition) is 1. The zero-order valence-corrected chi connectivity index (χ0v) is 13.8. The Morgan fingerprint density at radius 3 is 2.39 bits per heavy atom. The van der Waals surface area contributed by atoms with Crippen molar-refractivity contribution in [2.75, 3.05) is 18.9 Å². The number of carbonyl (C=O) groups is 1. The van der Waals surface area contributed by atoms with Gasteiger partial charge >= 0.3 is 5.97 Å². The number of para-hydroxylation sites is 2. The number of anilines is 1. The highest BCUT2D eigenvalue weighted by Gasteiger charge is 2.25. The van der Waals surface area contributed by atoms with Gasteiger partial charge in [0.1, 0.15) is 10.6 Å². The number of hydrogen-bond acceptors (Lipinski definition) is 5. The van der Waals surface area contributed by atoms with Gasteiger partial charge < -0.3 is 9.47 Å². The lowest BCUT2D eigenvalue weighted by Gasteiger charge is -2.14. The van der Waals surface area contributed by atoms with E-state index in [4.69, 9.17) is 9.47 Å². The van der Waals surface area contributed by atoms with Gasteiger partial charge in [0.05, 0.1) is 25.5 Å². The minimum atomic E-state index is -3.99. The first-order valence-corrected chi connectivity index (χ1v) is 8.22. The molecule has 0 amide bonds. The van der Waals surface area contributed by atoms with Gasteiger partial charge in [-0.25, -0.2) is 13.2 Å². The van der Waals surface area contributed by atoms with Crippen molar-refractivity contribution in [3.05, 3.63) is 53.6 Å². The van der Waals surface area contributed by atoms with E-state index < -0.39 is 16.0 Å². The Morgan fingerprint density at radius 1 is 1.04 bits per heavy atom. The van der Waals surface area contributed by atoms with Gasteiger partial charge in [0.15, 0.2) is 0 Å². The molecule has 2 aromatic rings. The van der Waals surface area contributed by atoms with E-state index in [0.29, 0.717) is 11.3 Å². The third-order valence-electron chi connectivity index (χ3n) is 3.26. The second kappa shape index (κ2) is 6.70. The SMILES string of the molecule is COC(=O)c1c(C)cccc1S(=O)(=O)Nc1ccccc1OC. The molecule has 0 saturated heterocycles. The quantitative estimate of drug-likeness (QED) is 0.849. The van der Waals surface area contributed by atoms with Crippen LogP contribution < -0.4 is 9.46 Å². The van der Waals surface area contributed by atoms with Crippen LogP contribution >= 0.6 is 0 Å². The molecule has 7 heteroatoms. The van der Waals surface area contributed by atoms with Crippen LogP contribution in [0.15, 0.2) is 47.4 Å². The van der Waals surface area contributed by atoms with Gasteiger partial charge in [-0.15, -0.1) is 0 Å². The van der Waals surface area contributed by atoms with E-state index in [1.807, 2.05) is 0 Å². The summed E-state index contributed by atoms with van der Waals surface area (Å²) in [6.45, 7) is 1.65. The van der Waals surface area contributed by atoms with Crippen LogP contribution in [0, 0.1) is 6.92 Å². The number of ether oxygens (including phenoxy) is 2. The lowest BCUT2D eigenvalue weighted by Crippen LogP contribution is -2.18. The maximum atomic E-state index is 12.7. The molecule has 1 N–H and O–H groups in total. The lowest BCUT2D eigenvalue weighted by molar-refractivity contribution is 0.0595. The molecule has 0 aliphatic rings. The molecule has 0 saturated carbocycles. The molecule has 6 nitrogen and oxygen atoms in total. The molecular weight excluding hydrogens is 318 g/mol. The minimum absolute atomic E-state index is 0.0115. The first-order chi connectivity index (χ1) is 10.9. The molecule has 0 heterocycles. The van der Waals surface area contributed by atoms with Crippen molar-refractivity contribution in [3.63, 3.8) is 0 Å². The number of methoxy groups -OCH3 is 2. The van der Waals surface area contributed by atoms with E-state index in [-0.39, 0.29) is 16.1 Å². The van der Waals surface area contributed by atoms with Crippen molar-refractivity contribution in [2.45, 2.75) is 11.8 Å². The molecule has 0 bridgehead atoms. The van der Waals surface area contributed by atoms with Crippen LogP contribution in [-0.2, 0) is 14.8 Å². The van der Waals surface area contributed by atoms with Crippen molar-refractivity contribution in [3.8, 4) is 5.75 Å². The van der Waals surface area contributed by atoms with Crippen molar-refractivity contribution in [2.24, 2.45) is 0 Å². The standard InChI is InChI=1S/C16H17NO5S/c1-11-7-6-10-14(15(11)16(18)22-3)23(19,20)17-12-8-4-5-9-13(12)21-2/h4-10,17H,1-3H3. The van der Waals surface area contributed by atoms with Crippen molar-refractivity contribution in [1.82, 2.24) is 0 Å². The number of benzene rings is 2. The van der Waals surface area contributed by atoms with Crippen molar-refractivity contribution < 1.29 is 22.7 Å². The van der Waals surface area contributed by atoms with Crippen molar-refractivity contribution in [1.29, 1.82) is 0 Å². The van der Waals surface area contributed by atoms with E-state index in [9.17, 15) is 13.2 Å². The van der Waals surface area contributed by atoms with Crippen LogP contribution in [-0.4, -0.2) is 28.6 Å². The summed E-state index contributed by atoms with van der Waals surface area (Å²) in [7, 11) is -1.33. The Bertz CT molecular complexity index is 830. The molecule has 0 fully saturated rings. The van der Waals surface area contributed by atoms with Crippen LogP contribution in [0.25, 0.3) is 0 Å². The minimum Gasteiger partial charge on any atom is -0.495 e. The summed E-state index contributed by atoms with van der Waals surface area (Å²) >= 11 is 0. The first-order valence-electron chi connectivity index (χ1n) is 6.74. The monoisotopic (exact) mass is 335 g/mol. The molecule has 2 aromatic carbocycles. The highest BCUT2D eigenvalue weighted by molar-refractivity contribution is 7.92. The zero-order chi connectivity index (χ0) is 17.0. The van der Waals surface area contributed by atoms with Gasteiger partial charge in [0.2, 0.25) is 0 Å². The number of nitrogens with one attached hydrogen (secondary N) is 1. The van der Waals surface area contributed by atoms with E-state index in [1.165, 1.54) is 20.3 Å². The highest BCUT2D eigenvalue weighted by Crippen LogP contribution is 2.28.